The lowest BCUT2D eigenvalue weighted by atomic mass is 9.87. The molecule has 0 aromatic carbocycles. The van der Waals surface area contributed by atoms with Crippen LogP contribution in [0, 0.1) is 5.92 Å². The molecule has 0 bridgehead atoms. The average Bonchev–Trinajstić information content (AvgIpc) is 3.08. The summed E-state index contributed by atoms with van der Waals surface area (Å²) in [7, 11) is 0. The van der Waals surface area contributed by atoms with E-state index in [1.54, 1.807) is 0 Å². The van der Waals surface area contributed by atoms with E-state index >= 15 is 0 Å². The second-order valence-electron chi connectivity index (χ2n) is 7.02. The zero-order valence-corrected chi connectivity index (χ0v) is 13.8. The number of hydrogen-bond donors (Lipinski definition) is 3. The second-order valence-corrected chi connectivity index (χ2v) is 7.77. The number of nitrogens with zero attached hydrogens (tertiary/aromatic N) is 2. The van der Waals surface area contributed by atoms with E-state index in [1.807, 2.05) is 0 Å². The average molecular weight is 323 g/mol. The fraction of sp³-hybridized carbons (Fsp3) is 0.714. The third-order valence-electron chi connectivity index (χ3n) is 4.39. The predicted octanol–water partition coefficient (Wildman–Crippen LogP) is 1.63. The molecule has 1 aliphatic heterocycles. The number of urea groups is 1. The number of anilines is 1. The minimum Gasteiger partial charge on any atom is -0.360 e. The SMILES string of the molecule is CC(C)(C)c1nsc(NC[C@H]2CCC[C@@]23NC(=O)NC3=O)n1. The van der Waals surface area contributed by atoms with Gasteiger partial charge in [-0.15, -0.1) is 0 Å². The summed E-state index contributed by atoms with van der Waals surface area (Å²) < 4.78 is 4.37. The molecule has 1 spiro atoms. The standard InChI is InChI=1S/C14H21N5O2S/c1-13(2,3)9-16-12(22-19-9)15-7-8-5-4-6-14(8)10(20)17-11(21)18-14/h8H,4-7H2,1-3H3,(H,15,16,19)(H2,17,18,20,21)/t8-,14-/m1/s1. The fourth-order valence-corrected chi connectivity index (χ4v) is 3.90. The van der Waals surface area contributed by atoms with Crippen LogP contribution in [0.1, 0.15) is 45.9 Å². The highest BCUT2D eigenvalue weighted by Gasteiger charge is 2.54. The van der Waals surface area contributed by atoms with Gasteiger partial charge in [0.2, 0.25) is 5.13 Å². The quantitative estimate of drug-likeness (QED) is 0.735. The van der Waals surface area contributed by atoms with E-state index in [4.69, 9.17) is 0 Å². The van der Waals surface area contributed by atoms with Gasteiger partial charge < -0.3 is 10.6 Å². The monoisotopic (exact) mass is 323 g/mol. The van der Waals surface area contributed by atoms with Crippen LogP contribution >= 0.6 is 11.5 Å². The van der Waals surface area contributed by atoms with Crippen molar-refractivity contribution in [1.82, 2.24) is 20.0 Å². The molecule has 3 N–H and O–H groups in total. The first-order valence-corrected chi connectivity index (χ1v) is 8.30. The maximum absolute atomic E-state index is 12.1. The number of carbonyl (C=O) groups excluding carboxylic acids is 2. The van der Waals surface area contributed by atoms with Gasteiger partial charge in [-0.3, -0.25) is 10.1 Å². The summed E-state index contributed by atoms with van der Waals surface area (Å²) in [5, 5.41) is 9.22. The minimum absolute atomic E-state index is 0.0703. The highest BCUT2D eigenvalue weighted by molar-refractivity contribution is 7.09. The Morgan fingerprint density at radius 3 is 2.77 bits per heavy atom. The third-order valence-corrected chi connectivity index (χ3v) is 5.06. The summed E-state index contributed by atoms with van der Waals surface area (Å²) in [6.45, 7) is 6.82. The van der Waals surface area contributed by atoms with Crippen molar-refractivity contribution in [2.75, 3.05) is 11.9 Å². The van der Waals surface area contributed by atoms with E-state index in [9.17, 15) is 9.59 Å². The number of rotatable bonds is 3. The van der Waals surface area contributed by atoms with E-state index in [2.05, 4.69) is 46.1 Å². The van der Waals surface area contributed by atoms with Crippen molar-refractivity contribution in [3.63, 3.8) is 0 Å². The molecule has 8 heteroatoms. The van der Waals surface area contributed by atoms with Crippen LogP contribution in [0.25, 0.3) is 0 Å². The van der Waals surface area contributed by atoms with Crippen LogP contribution in [-0.2, 0) is 10.2 Å². The zero-order chi connectivity index (χ0) is 16.0. The molecule has 1 aromatic heterocycles. The highest BCUT2D eigenvalue weighted by atomic mass is 32.1. The molecular formula is C14H21N5O2S. The number of hydrogen-bond acceptors (Lipinski definition) is 6. The summed E-state index contributed by atoms with van der Waals surface area (Å²) in [6, 6.07) is -0.386. The van der Waals surface area contributed by atoms with Crippen molar-refractivity contribution in [2.24, 2.45) is 5.92 Å². The van der Waals surface area contributed by atoms with E-state index in [0.717, 1.165) is 23.8 Å². The molecule has 120 valence electrons. The van der Waals surface area contributed by atoms with Crippen LogP contribution in [0.2, 0.25) is 0 Å². The summed E-state index contributed by atoms with van der Waals surface area (Å²) in [5.41, 5.74) is -0.827. The molecule has 2 atom stereocenters. The summed E-state index contributed by atoms with van der Waals surface area (Å²) in [6.07, 6.45) is 2.54. The molecular weight excluding hydrogens is 302 g/mol. The Bertz CT molecular complexity index is 609. The lowest BCUT2D eigenvalue weighted by Crippen LogP contribution is -2.51. The van der Waals surface area contributed by atoms with E-state index in [1.165, 1.54) is 11.5 Å². The third kappa shape index (κ3) is 2.55. The van der Waals surface area contributed by atoms with Crippen LogP contribution in [-0.4, -0.2) is 33.4 Å². The number of amides is 3. The first kappa shape index (κ1) is 15.2. The Labute approximate surface area is 133 Å². The number of nitrogens with one attached hydrogen (secondary N) is 3. The first-order valence-electron chi connectivity index (χ1n) is 7.53. The Balaban J connectivity index is 1.67. The lowest BCUT2D eigenvalue weighted by Gasteiger charge is -2.28. The number of carbonyl (C=O) groups is 2. The first-order chi connectivity index (χ1) is 10.3. The summed E-state index contributed by atoms with van der Waals surface area (Å²) >= 11 is 1.33. The zero-order valence-electron chi connectivity index (χ0n) is 13.0. The van der Waals surface area contributed by atoms with Gasteiger partial charge in [-0.1, -0.05) is 27.2 Å². The van der Waals surface area contributed by atoms with E-state index in [-0.39, 0.29) is 23.3 Å². The van der Waals surface area contributed by atoms with Gasteiger partial charge in [0.1, 0.15) is 11.4 Å². The number of imide groups is 1. The molecule has 0 unspecified atom stereocenters. The molecule has 1 aliphatic carbocycles. The number of aromatic nitrogens is 2. The van der Waals surface area contributed by atoms with Gasteiger partial charge in [-0.2, -0.15) is 4.37 Å². The van der Waals surface area contributed by atoms with Crippen molar-refractivity contribution in [1.29, 1.82) is 0 Å². The minimum atomic E-state index is -0.748. The highest BCUT2D eigenvalue weighted by Crippen LogP contribution is 2.38. The Kier molecular flexibility index (Phi) is 3.58. The summed E-state index contributed by atoms with van der Waals surface area (Å²) in [5.74, 6) is 0.684. The van der Waals surface area contributed by atoms with Gasteiger partial charge in [0.15, 0.2) is 0 Å². The molecule has 22 heavy (non-hydrogen) atoms. The van der Waals surface area contributed by atoms with Gasteiger partial charge in [0.25, 0.3) is 5.91 Å². The van der Waals surface area contributed by atoms with E-state index in [0.29, 0.717) is 13.0 Å². The van der Waals surface area contributed by atoms with Gasteiger partial charge in [0, 0.05) is 29.4 Å². The Morgan fingerprint density at radius 1 is 1.41 bits per heavy atom. The van der Waals surface area contributed by atoms with Crippen molar-refractivity contribution in [3.05, 3.63) is 5.82 Å². The molecule has 0 radical (unpaired) electrons. The lowest BCUT2D eigenvalue weighted by molar-refractivity contribution is -0.125. The van der Waals surface area contributed by atoms with Gasteiger partial charge in [-0.25, -0.2) is 9.78 Å². The fourth-order valence-electron chi connectivity index (χ4n) is 3.13. The van der Waals surface area contributed by atoms with Crippen molar-refractivity contribution < 1.29 is 9.59 Å². The Morgan fingerprint density at radius 2 is 2.18 bits per heavy atom. The van der Waals surface area contributed by atoms with Crippen molar-refractivity contribution in [2.45, 2.75) is 51.0 Å². The van der Waals surface area contributed by atoms with Crippen LogP contribution in [0.4, 0.5) is 9.93 Å². The van der Waals surface area contributed by atoms with Crippen LogP contribution in [0.5, 0.6) is 0 Å². The molecule has 1 saturated carbocycles. The topological polar surface area (TPSA) is 96.0 Å². The smallest absolute Gasteiger partial charge is 0.322 e. The van der Waals surface area contributed by atoms with Crippen LogP contribution in [0.3, 0.4) is 0 Å². The van der Waals surface area contributed by atoms with Crippen molar-refractivity contribution in [3.8, 4) is 0 Å². The maximum Gasteiger partial charge on any atom is 0.322 e. The predicted molar refractivity (Wildman–Crippen MR) is 83.8 cm³/mol. The largest absolute Gasteiger partial charge is 0.360 e. The van der Waals surface area contributed by atoms with Gasteiger partial charge >= 0.3 is 6.03 Å². The van der Waals surface area contributed by atoms with Gasteiger partial charge in [-0.05, 0) is 12.8 Å². The normalized spacial score (nSPS) is 28.0. The van der Waals surface area contributed by atoms with E-state index < -0.39 is 5.54 Å². The van der Waals surface area contributed by atoms with Crippen LogP contribution in [0.15, 0.2) is 0 Å². The molecule has 3 amide bonds. The van der Waals surface area contributed by atoms with Crippen molar-refractivity contribution >= 4 is 28.6 Å². The molecule has 2 heterocycles. The van der Waals surface area contributed by atoms with Crippen LogP contribution < -0.4 is 16.0 Å². The second kappa shape index (κ2) is 5.19. The molecule has 3 rings (SSSR count). The summed E-state index contributed by atoms with van der Waals surface area (Å²) in [4.78, 5) is 28.1. The maximum atomic E-state index is 12.1. The molecule has 1 saturated heterocycles. The Hall–Kier alpha value is -1.70. The molecule has 2 aliphatic rings. The van der Waals surface area contributed by atoms with Gasteiger partial charge in [0.05, 0.1) is 0 Å². The molecule has 7 nitrogen and oxygen atoms in total. The molecule has 1 aromatic rings. The molecule has 2 fully saturated rings.